The second kappa shape index (κ2) is 7.64. The lowest BCUT2D eigenvalue weighted by Crippen LogP contribution is -2.42. The number of likely N-dealkylation sites (N-methyl/N-ethyl adjacent to an activating group) is 1. The maximum Gasteiger partial charge on any atom is 0.239 e. The van der Waals surface area contributed by atoms with Gasteiger partial charge in [-0.15, -0.1) is 0 Å². The van der Waals surface area contributed by atoms with E-state index in [1.54, 1.807) is 24.1 Å². The fraction of sp³-hybridized carbons (Fsp3) is 0.533. The minimum absolute atomic E-state index is 0.0260. The summed E-state index contributed by atoms with van der Waals surface area (Å²) >= 11 is 5.80. The summed E-state index contributed by atoms with van der Waals surface area (Å²) in [7, 11) is 1.77. The molecule has 0 radical (unpaired) electrons. The zero-order chi connectivity index (χ0) is 15.2. The lowest BCUT2D eigenvalue weighted by molar-refractivity contribution is -0.132. The van der Waals surface area contributed by atoms with E-state index in [1.165, 1.54) is 0 Å². The van der Waals surface area contributed by atoms with Gasteiger partial charge in [-0.05, 0) is 37.1 Å². The average molecular weight is 313 g/mol. The normalized spacial score (nSPS) is 21.3. The number of carbonyl (C=O) groups excluding carboxylic acids is 1. The molecule has 5 nitrogen and oxygen atoms in total. The van der Waals surface area contributed by atoms with Crippen LogP contribution in [-0.4, -0.2) is 54.8 Å². The predicted octanol–water partition coefficient (Wildman–Crippen LogP) is 1.29. The zero-order valence-corrected chi connectivity index (χ0v) is 12.8. The Kier molecular flexibility index (Phi) is 5.85. The van der Waals surface area contributed by atoms with Crippen LogP contribution in [0.3, 0.4) is 0 Å². The van der Waals surface area contributed by atoms with Gasteiger partial charge >= 0.3 is 0 Å². The lowest BCUT2D eigenvalue weighted by atomic mass is 10.2. The number of hydrogen-bond donors (Lipinski definition) is 2. The Labute approximate surface area is 129 Å². The van der Waals surface area contributed by atoms with Crippen LogP contribution in [0.1, 0.15) is 12.8 Å². The summed E-state index contributed by atoms with van der Waals surface area (Å²) in [5.74, 6) is 0.798. The van der Waals surface area contributed by atoms with Crippen LogP contribution >= 0.6 is 11.6 Å². The van der Waals surface area contributed by atoms with E-state index in [-0.39, 0.29) is 11.9 Å². The molecule has 0 saturated carbocycles. The molecular formula is C15H21ClN2O3. The highest BCUT2D eigenvalue weighted by atomic mass is 35.5. The molecule has 21 heavy (non-hydrogen) atoms. The lowest BCUT2D eigenvalue weighted by Gasteiger charge is -2.21. The van der Waals surface area contributed by atoms with Gasteiger partial charge in [0.2, 0.25) is 5.91 Å². The van der Waals surface area contributed by atoms with E-state index in [9.17, 15) is 9.90 Å². The first-order valence-corrected chi connectivity index (χ1v) is 7.49. The zero-order valence-electron chi connectivity index (χ0n) is 12.1. The molecule has 1 amide bonds. The Morgan fingerprint density at radius 1 is 1.48 bits per heavy atom. The fourth-order valence-corrected chi connectivity index (χ4v) is 2.43. The average Bonchev–Trinajstić information content (AvgIpc) is 2.91. The Morgan fingerprint density at radius 3 is 2.81 bits per heavy atom. The quantitative estimate of drug-likeness (QED) is 0.777. The highest BCUT2D eigenvalue weighted by Gasteiger charge is 2.29. The van der Waals surface area contributed by atoms with Crippen LogP contribution in [0.25, 0.3) is 0 Å². The van der Waals surface area contributed by atoms with Gasteiger partial charge in [-0.25, -0.2) is 0 Å². The van der Waals surface area contributed by atoms with Crippen molar-refractivity contribution < 1.29 is 14.6 Å². The molecule has 116 valence electrons. The second-order valence-electron chi connectivity index (χ2n) is 5.27. The molecule has 2 N–H and O–H groups in total. The number of halogens is 1. The molecule has 1 aliphatic heterocycles. The van der Waals surface area contributed by atoms with Crippen molar-refractivity contribution in [3.63, 3.8) is 0 Å². The highest BCUT2D eigenvalue weighted by molar-refractivity contribution is 6.30. The van der Waals surface area contributed by atoms with Gasteiger partial charge in [0.1, 0.15) is 5.75 Å². The third kappa shape index (κ3) is 4.88. The number of benzene rings is 1. The Bertz CT molecular complexity index is 466. The summed E-state index contributed by atoms with van der Waals surface area (Å²) in [5.41, 5.74) is 0. The highest BCUT2D eigenvalue weighted by Crippen LogP contribution is 2.15. The molecule has 1 saturated heterocycles. The number of ether oxygens (including phenoxy) is 1. The number of amides is 1. The van der Waals surface area contributed by atoms with Crippen LogP contribution in [0.15, 0.2) is 24.3 Å². The van der Waals surface area contributed by atoms with Gasteiger partial charge in [0.05, 0.1) is 18.8 Å². The molecule has 2 atom stereocenters. The van der Waals surface area contributed by atoms with E-state index in [1.807, 2.05) is 12.1 Å². The van der Waals surface area contributed by atoms with Crippen molar-refractivity contribution in [1.82, 2.24) is 10.2 Å². The molecule has 1 heterocycles. The topological polar surface area (TPSA) is 61.8 Å². The standard InChI is InChI=1S/C15H21ClN2O3/c1-18(15(20)14-9-12(19)10-17-14)7-2-8-21-13-5-3-11(16)4-6-13/h3-6,12,14,17,19H,2,7-10H2,1H3/t12-,14+/m0/s1. The minimum Gasteiger partial charge on any atom is -0.494 e. The van der Waals surface area contributed by atoms with Crippen LogP contribution in [0.2, 0.25) is 5.02 Å². The van der Waals surface area contributed by atoms with Gasteiger partial charge in [0.15, 0.2) is 0 Å². The first-order valence-electron chi connectivity index (χ1n) is 7.11. The number of β-amino-alcohol motifs (C(OH)–C–C–N with tert-alkyl or cyclic N) is 1. The maximum atomic E-state index is 12.1. The monoisotopic (exact) mass is 312 g/mol. The Morgan fingerprint density at radius 2 is 2.19 bits per heavy atom. The van der Waals surface area contributed by atoms with Crippen molar-refractivity contribution in [3.8, 4) is 5.75 Å². The molecule has 6 heteroatoms. The van der Waals surface area contributed by atoms with Crippen molar-refractivity contribution in [2.75, 3.05) is 26.7 Å². The number of carbonyl (C=O) groups is 1. The summed E-state index contributed by atoms with van der Waals surface area (Å²) in [6.07, 6.45) is 0.825. The largest absolute Gasteiger partial charge is 0.494 e. The molecular weight excluding hydrogens is 292 g/mol. The van der Waals surface area contributed by atoms with E-state index >= 15 is 0 Å². The third-order valence-corrected chi connectivity index (χ3v) is 3.75. The number of nitrogens with one attached hydrogen (secondary N) is 1. The van der Waals surface area contributed by atoms with Gasteiger partial charge in [-0.1, -0.05) is 11.6 Å². The van der Waals surface area contributed by atoms with Gasteiger partial charge < -0.3 is 20.1 Å². The van der Waals surface area contributed by atoms with Crippen molar-refractivity contribution >= 4 is 17.5 Å². The van der Waals surface area contributed by atoms with Gasteiger partial charge in [-0.2, -0.15) is 0 Å². The van der Waals surface area contributed by atoms with E-state index < -0.39 is 6.10 Å². The van der Waals surface area contributed by atoms with E-state index in [4.69, 9.17) is 16.3 Å². The molecule has 0 aliphatic carbocycles. The van der Waals surface area contributed by atoms with Gasteiger partial charge in [0.25, 0.3) is 0 Å². The van der Waals surface area contributed by atoms with Crippen molar-refractivity contribution in [1.29, 1.82) is 0 Å². The van der Waals surface area contributed by atoms with Gasteiger partial charge in [-0.3, -0.25) is 4.79 Å². The smallest absolute Gasteiger partial charge is 0.239 e. The predicted molar refractivity (Wildman–Crippen MR) is 81.6 cm³/mol. The number of hydrogen-bond acceptors (Lipinski definition) is 4. The first-order chi connectivity index (χ1) is 10.1. The van der Waals surface area contributed by atoms with Crippen molar-refractivity contribution in [2.24, 2.45) is 0 Å². The molecule has 1 fully saturated rings. The third-order valence-electron chi connectivity index (χ3n) is 3.50. The minimum atomic E-state index is -0.416. The molecule has 1 aliphatic rings. The molecule has 0 unspecified atom stereocenters. The van der Waals surface area contributed by atoms with Crippen LogP contribution in [0.5, 0.6) is 5.75 Å². The Hall–Kier alpha value is -1.30. The number of aliphatic hydroxyl groups is 1. The summed E-state index contributed by atoms with van der Waals surface area (Å²) in [6, 6.07) is 6.94. The fourth-order valence-electron chi connectivity index (χ4n) is 2.30. The van der Waals surface area contributed by atoms with Crippen LogP contribution < -0.4 is 10.1 Å². The van der Waals surface area contributed by atoms with E-state index in [2.05, 4.69) is 5.32 Å². The molecule has 1 aromatic carbocycles. The van der Waals surface area contributed by atoms with Crippen LogP contribution in [0.4, 0.5) is 0 Å². The maximum absolute atomic E-state index is 12.1. The number of aliphatic hydroxyl groups excluding tert-OH is 1. The van der Waals surface area contributed by atoms with Crippen LogP contribution in [0, 0.1) is 0 Å². The summed E-state index contributed by atoms with van der Waals surface area (Å²) in [5, 5.41) is 13.1. The molecule has 2 rings (SSSR count). The second-order valence-corrected chi connectivity index (χ2v) is 5.70. The number of rotatable bonds is 6. The van der Waals surface area contributed by atoms with Crippen LogP contribution in [-0.2, 0) is 4.79 Å². The van der Waals surface area contributed by atoms with Gasteiger partial charge in [0, 0.05) is 25.2 Å². The van der Waals surface area contributed by atoms with Crippen molar-refractivity contribution in [3.05, 3.63) is 29.3 Å². The summed E-state index contributed by atoms with van der Waals surface area (Å²) in [4.78, 5) is 13.8. The first kappa shape index (κ1) is 16.1. The Balaban J connectivity index is 1.66. The van der Waals surface area contributed by atoms with E-state index in [0.29, 0.717) is 31.1 Å². The van der Waals surface area contributed by atoms with Crippen molar-refractivity contribution in [2.45, 2.75) is 25.0 Å². The van der Waals surface area contributed by atoms with E-state index in [0.717, 1.165) is 12.2 Å². The summed E-state index contributed by atoms with van der Waals surface area (Å²) in [6.45, 7) is 1.66. The molecule has 0 spiro atoms. The molecule has 1 aromatic rings. The summed E-state index contributed by atoms with van der Waals surface area (Å²) < 4.78 is 5.58. The SMILES string of the molecule is CN(CCCOc1ccc(Cl)cc1)C(=O)[C@H]1C[C@H](O)CN1. The number of nitrogens with zero attached hydrogens (tertiary/aromatic N) is 1. The molecule has 0 bridgehead atoms. The molecule has 0 aromatic heterocycles.